The molecule has 0 radical (unpaired) electrons. The molecule has 35 heavy (non-hydrogen) atoms. The molecule has 1 amide bonds. The number of fused-ring (bicyclic) bond motifs is 1. The number of hydrogen-bond donors (Lipinski definition) is 1. The number of carbonyl (C=O) groups is 1. The molecule has 0 aliphatic rings. The number of rotatable bonds is 7. The average molecular weight is 493 g/mol. The van der Waals surface area contributed by atoms with Gasteiger partial charge >= 0.3 is 0 Å². The van der Waals surface area contributed by atoms with E-state index in [-0.39, 0.29) is 12.3 Å². The number of nitrogens with zero attached hydrogens (tertiary/aromatic N) is 3. The van der Waals surface area contributed by atoms with Crippen molar-refractivity contribution in [3.63, 3.8) is 0 Å². The standard InChI is InChI=1S/C28H20N4OS2/c29-18-22-21(19-9-3-1-4-10-19)17-24(20-11-5-2-6-12-20)30-27(22)34-16-15-26(33)32-28-31-23-13-7-8-14-25(23)35-28/h1-14,17H,15-16H2,(H,31,32,33). The third-order valence-corrected chi connectivity index (χ3v) is 7.29. The van der Waals surface area contributed by atoms with Gasteiger partial charge in [0.2, 0.25) is 5.91 Å². The number of anilines is 1. The van der Waals surface area contributed by atoms with Gasteiger partial charge < -0.3 is 5.32 Å². The van der Waals surface area contributed by atoms with Gasteiger partial charge in [-0.1, -0.05) is 84.1 Å². The van der Waals surface area contributed by atoms with Crippen LogP contribution in [0.25, 0.3) is 32.6 Å². The van der Waals surface area contributed by atoms with Crippen molar-refractivity contribution in [2.75, 3.05) is 11.1 Å². The summed E-state index contributed by atoms with van der Waals surface area (Å²) in [4.78, 5) is 21.8. The lowest BCUT2D eigenvalue weighted by molar-refractivity contribution is -0.115. The van der Waals surface area contributed by atoms with Crippen molar-refractivity contribution >= 4 is 44.4 Å². The Morgan fingerprint density at radius 2 is 1.60 bits per heavy atom. The molecule has 0 unspecified atom stereocenters. The number of amides is 1. The molecule has 2 heterocycles. The van der Waals surface area contributed by atoms with E-state index >= 15 is 0 Å². The van der Waals surface area contributed by atoms with Gasteiger partial charge in [0.15, 0.2) is 5.13 Å². The number of thioether (sulfide) groups is 1. The summed E-state index contributed by atoms with van der Waals surface area (Å²) in [5.74, 6) is 0.378. The van der Waals surface area contributed by atoms with Crippen LogP contribution in [0.15, 0.2) is 96.0 Å². The molecular formula is C28H20N4OS2. The van der Waals surface area contributed by atoms with Crippen molar-refractivity contribution in [3.8, 4) is 28.5 Å². The van der Waals surface area contributed by atoms with Gasteiger partial charge in [-0.2, -0.15) is 5.26 Å². The van der Waals surface area contributed by atoms with E-state index < -0.39 is 0 Å². The molecule has 2 aromatic heterocycles. The maximum absolute atomic E-state index is 12.6. The molecule has 0 bridgehead atoms. The molecule has 170 valence electrons. The van der Waals surface area contributed by atoms with E-state index in [0.717, 1.165) is 32.6 Å². The second kappa shape index (κ2) is 10.5. The zero-order valence-corrected chi connectivity index (χ0v) is 20.3. The van der Waals surface area contributed by atoms with Crippen LogP contribution in [0.3, 0.4) is 0 Å². The molecule has 5 rings (SSSR count). The minimum Gasteiger partial charge on any atom is -0.302 e. The average Bonchev–Trinajstić information content (AvgIpc) is 3.31. The Kier molecular flexibility index (Phi) is 6.85. The van der Waals surface area contributed by atoms with Gasteiger partial charge in [0.25, 0.3) is 0 Å². The Balaban J connectivity index is 1.37. The van der Waals surface area contributed by atoms with Crippen LogP contribution in [-0.2, 0) is 4.79 Å². The van der Waals surface area contributed by atoms with Crippen LogP contribution in [-0.4, -0.2) is 21.6 Å². The predicted molar refractivity (Wildman–Crippen MR) is 143 cm³/mol. The molecule has 0 aliphatic carbocycles. The van der Waals surface area contributed by atoms with Gasteiger partial charge in [-0.05, 0) is 23.8 Å². The fraction of sp³-hybridized carbons (Fsp3) is 0.0714. The van der Waals surface area contributed by atoms with Gasteiger partial charge in [0.05, 0.1) is 21.5 Å². The second-order valence-corrected chi connectivity index (χ2v) is 9.83. The topological polar surface area (TPSA) is 78.7 Å². The second-order valence-electron chi connectivity index (χ2n) is 7.71. The number of para-hydroxylation sites is 1. The summed E-state index contributed by atoms with van der Waals surface area (Å²) < 4.78 is 1.03. The van der Waals surface area contributed by atoms with Crippen molar-refractivity contribution in [3.05, 3.63) is 96.6 Å². The minimum absolute atomic E-state index is 0.113. The number of hydrogen-bond acceptors (Lipinski definition) is 6. The van der Waals surface area contributed by atoms with E-state index in [9.17, 15) is 10.1 Å². The Labute approximate surface area is 211 Å². The normalized spacial score (nSPS) is 10.7. The number of thiazole rings is 1. The minimum atomic E-state index is -0.113. The molecule has 3 aromatic carbocycles. The van der Waals surface area contributed by atoms with Crippen LogP contribution >= 0.6 is 23.1 Å². The number of aromatic nitrogens is 2. The first kappa shape index (κ1) is 22.8. The van der Waals surface area contributed by atoms with Crippen molar-refractivity contribution in [2.45, 2.75) is 11.4 Å². The fourth-order valence-electron chi connectivity index (χ4n) is 3.68. The zero-order chi connectivity index (χ0) is 24.0. The first-order chi connectivity index (χ1) is 17.2. The van der Waals surface area contributed by atoms with Gasteiger partial charge in [-0.3, -0.25) is 4.79 Å². The summed E-state index contributed by atoms with van der Waals surface area (Å²) in [5, 5.41) is 14.1. The smallest absolute Gasteiger partial charge is 0.226 e. The monoisotopic (exact) mass is 492 g/mol. The molecule has 0 saturated heterocycles. The van der Waals surface area contributed by atoms with E-state index in [0.29, 0.717) is 21.5 Å². The highest BCUT2D eigenvalue weighted by Gasteiger charge is 2.16. The Morgan fingerprint density at radius 3 is 2.31 bits per heavy atom. The number of nitriles is 1. The number of nitrogens with one attached hydrogen (secondary N) is 1. The van der Waals surface area contributed by atoms with E-state index in [4.69, 9.17) is 4.98 Å². The van der Waals surface area contributed by atoms with Crippen molar-refractivity contribution in [1.82, 2.24) is 9.97 Å². The van der Waals surface area contributed by atoms with Crippen LogP contribution in [0.5, 0.6) is 0 Å². The van der Waals surface area contributed by atoms with Crippen LogP contribution in [0.2, 0.25) is 0 Å². The molecule has 7 heteroatoms. The predicted octanol–water partition coefficient (Wildman–Crippen LogP) is 7.02. The van der Waals surface area contributed by atoms with Crippen LogP contribution in [0.4, 0.5) is 5.13 Å². The van der Waals surface area contributed by atoms with E-state index in [1.807, 2.05) is 91.0 Å². The van der Waals surface area contributed by atoms with Crippen LogP contribution in [0.1, 0.15) is 12.0 Å². The van der Waals surface area contributed by atoms with Crippen molar-refractivity contribution in [1.29, 1.82) is 5.26 Å². The highest BCUT2D eigenvalue weighted by atomic mass is 32.2. The summed E-state index contributed by atoms with van der Waals surface area (Å²) in [7, 11) is 0. The molecular weight excluding hydrogens is 472 g/mol. The van der Waals surface area contributed by atoms with Crippen LogP contribution in [0, 0.1) is 11.3 Å². The highest BCUT2D eigenvalue weighted by molar-refractivity contribution is 7.99. The van der Waals surface area contributed by atoms with E-state index in [1.54, 1.807) is 0 Å². The number of carbonyl (C=O) groups excluding carboxylic acids is 1. The molecule has 5 nitrogen and oxygen atoms in total. The van der Waals surface area contributed by atoms with Crippen molar-refractivity contribution < 1.29 is 4.79 Å². The largest absolute Gasteiger partial charge is 0.302 e. The molecule has 0 atom stereocenters. The van der Waals surface area contributed by atoms with Gasteiger partial charge in [0.1, 0.15) is 11.1 Å². The van der Waals surface area contributed by atoms with Crippen molar-refractivity contribution in [2.24, 2.45) is 0 Å². The Bertz CT molecular complexity index is 1490. The lowest BCUT2D eigenvalue weighted by Gasteiger charge is -2.12. The number of pyridine rings is 1. The maximum Gasteiger partial charge on any atom is 0.226 e. The summed E-state index contributed by atoms with van der Waals surface area (Å²) >= 11 is 2.88. The highest BCUT2D eigenvalue weighted by Crippen LogP contribution is 2.34. The third kappa shape index (κ3) is 5.24. The van der Waals surface area contributed by atoms with Crippen LogP contribution < -0.4 is 5.32 Å². The third-order valence-electron chi connectivity index (χ3n) is 5.36. The summed E-state index contributed by atoms with van der Waals surface area (Å²) in [6.07, 6.45) is 0.281. The fourth-order valence-corrected chi connectivity index (χ4v) is 5.51. The summed E-state index contributed by atoms with van der Waals surface area (Å²) in [6.45, 7) is 0. The quantitative estimate of drug-likeness (QED) is 0.247. The van der Waals surface area contributed by atoms with Gasteiger partial charge in [-0.15, -0.1) is 11.8 Å². The van der Waals surface area contributed by atoms with Gasteiger partial charge in [-0.25, -0.2) is 9.97 Å². The number of benzene rings is 3. The zero-order valence-electron chi connectivity index (χ0n) is 18.6. The molecule has 0 saturated carbocycles. The van der Waals surface area contributed by atoms with E-state index in [1.165, 1.54) is 23.1 Å². The first-order valence-corrected chi connectivity index (χ1v) is 12.9. The van der Waals surface area contributed by atoms with Gasteiger partial charge in [0, 0.05) is 23.3 Å². The molecule has 0 aliphatic heterocycles. The lowest BCUT2D eigenvalue weighted by atomic mass is 9.99. The molecule has 0 fully saturated rings. The SMILES string of the molecule is N#Cc1c(-c2ccccc2)cc(-c2ccccc2)nc1SCCC(=O)Nc1nc2ccccc2s1. The lowest BCUT2D eigenvalue weighted by Crippen LogP contribution is -2.12. The summed E-state index contributed by atoms with van der Waals surface area (Å²) in [6, 6.07) is 31.9. The Morgan fingerprint density at radius 1 is 0.914 bits per heavy atom. The molecule has 5 aromatic rings. The molecule has 0 spiro atoms. The first-order valence-electron chi connectivity index (χ1n) is 11.1. The summed E-state index contributed by atoms with van der Waals surface area (Å²) in [5.41, 5.74) is 4.96. The maximum atomic E-state index is 12.6. The molecule has 1 N–H and O–H groups in total. The Hall–Kier alpha value is -3.99. The van der Waals surface area contributed by atoms with E-state index in [2.05, 4.69) is 16.4 Å².